The van der Waals surface area contributed by atoms with Gasteiger partial charge >= 0.3 is 0 Å². The van der Waals surface area contributed by atoms with E-state index in [9.17, 15) is 15.3 Å². The molecule has 106 valence electrons. The average Bonchev–Trinajstić information content (AvgIpc) is 2.22. The lowest BCUT2D eigenvalue weighted by atomic mass is 9.51. The average molecular weight is 256 g/mol. The molecule has 0 aliphatic heterocycles. The number of fused-ring (bicyclic) bond motifs is 1. The largest absolute Gasteiger partial charge is 0.393 e. The lowest BCUT2D eigenvalue weighted by Gasteiger charge is -2.57. The van der Waals surface area contributed by atoms with Crippen LogP contribution >= 0.6 is 0 Å². The maximum Gasteiger partial charge on any atom is 0.0644 e. The number of aliphatic hydroxyl groups is 3. The molecule has 0 heterocycles. The molecule has 0 aromatic heterocycles. The molecule has 6 atom stereocenters. The Hall–Kier alpha value is -0.120. The van der Waals surface area contributed by atoms with Crippen LogP contribution in [0.25, 0.3) is 0 Å². The van der Waals surface area contributed by atoms with Crippen LogP contribution in [0.3, 0.4) is 0 Å². The summed E-state index contributed by atoms with van der Waals surface area (Å²) in [5.41, 5.74) is -1.03. The molecular weight excluding hydrogens is 228 g/mol. The van der Waals surface area contributed by atoms with Crippen molar-refractivity contribution in [3.8, 4) is 0 Å². The van der Waals surface area contributed by atoms with Crippen LogP contribution in [0, 0.1) is 23.2 Å². The van der Waals surface area contributed by atoms with Gasteiger partial charge in [-0.3, -0.25) is 0 Å². The van der Waals surface area contributed by atoms with Gasteiger partial charge in [0.05, 0.1) is 17.8 Å². The van der Waals surface area contributed by atoms with Crippen molar-refractivity contribution in [1.29, 1.82) is 0 Å². The second kappa shape index (κ2) is 4.46. The molecule has 0 radical (unpaired) electrons. The molecule has 2 rings (SSSR count). The Labute approximate surface area is 110 Å². The number of aliphatic hydroxyl groups excluding tert-OH is 2. The predicted molar refractivity (Wildman–Crippen MR) is 71.0 cm³/mol. The Morgan fingerprint density at radius 2 is 1.72 bits per heavy atom. The SMILES string of the molecule is C[C@@H]1CC[C@H](O)[C@]2(C)CC[C@H](C(C)(C)O)[C@H](O)[C@@H]12. The molecule has 2 aliphatic carbocycles. The van der Waals surface area contributed by atoms with Gasteiger partial charge in [-0.25, -0.2) is 0 Å². The molecule has 0 spiro atoms. The zero-order chi connectivity index (χ0) is 13.7. The molecule has 0 saturated heterocycles. The van der Waals surface area contributed by atoms with E-state index >= 15 is 0 Å². The summed E-state index contributed by atoms with van der Waals surface area (Å²) in [6.45, 7) is 7.85. The fourth-order valence-electron chi connectivity index (χ4n) is 4.52. The van der Waals surface area contributed by atoms with Gasteiger partial charge in [-0.05, 0) is 56.8 Å². The zero-order valence-corrected chi connectivity index (χ0v) is 12.1. The van der Waals surface area contributed by atoms with Crippen LogP contribution in [0.1, 0.15) is 53.4 Å². The molecular formula is C15H28O3. The highest BCUT2D eigenvalue weighted by molar-refractivity contribution is 5.05. The standard InChI is InChI=1S/C15H28O3/c1-9-5-6-11(16)15(4)8-7-10(14(2,3)18)13(17)12(9)15/h9-13,16-18H,5-8H2,1-4H3/t9-,10+,11+,12-,13+,15+/m1/s1. The molecule has 2 aliphatic rings. The molecule has 0 bridgehead atoms. The first-order valence-corrected chi connectivity index (χ1v) is 7.26. The van der Waals surface area contributed by atoms with E-state index in [0.717, 1.165) is 25.7 Å². The highest BCUT2D eigenvalue weighted by Gasteiger charge is 2.55. The molecule has 2 saturated carbocycles. The lowest BCUT2D eigenvalue weighted by Crippen LogP contribution is -2.59. The molecule has 2 fully saturated rings. The maximum atomic E-state index is 10.7. The summed E-state index contributed by atoms with van der Waals surface area (Å²) in [7, 11) is 0. The minimum Gasteiger partial charge on any atom is -0.393 e. The van der Waals surface area contributed by atoms with Gasteiger partial charge in [-0.2, -0.15) is 0 Å². The van der Waals surface area contributed by atoms with Gasteiger partial charge in [0.15, 0.2) is 0 Å². The van der Waals surface area contributed by atoms with Gasteiger partial charge in [0.25, 0.3) is 0 Å². The first-order valence-electron chi connectivity index (χ1n) is 7.26. The van der Waals surface area contributed by atoms with Gasteiger partial charge in [-0.15, -0.1) is 0 Å². The van der Waals surface area contributed by atoms with Gasteiger partial charge in [0.2, 0.25) is 0 Å². The quantitative estimate of drug-likeness (QED) is 0.672. The van der Waals surface area contributed by atoms with Crippen LogP contribution in [-0.2, 0) is 0 Å². The van der Waals surface area contributed by atoms with E-state index in [-0.39, 0.29) is 23.4 Å². The Morgan fingerprint density at radius 3 is 2.28 bits per heavy atom. The number of hydrogen-bond donors (Lipinski definition) is 3. The van der Waals surface area contributed by atoms with Gasteiger partial charge < -0.3 is 15.3 Å². The molecule has 3 nitrogen and oxygen atoms in total. The first kappa shape index (κ1) is 14.3. The van der Waals surface area contributed by atoms with Crippen molar-refractivity contribution < 1.29 is 15.3 Å². The molecule has 0 aromatic rings. The van der Waals surface area contributed by atoms with Gasteiger partial charge in [-0.1, -0.05) is 13.8 Å². The summed E-state index contributed by atoms with van der Waals surface area (Å²) in [6.07, 6.45) is 2.69. The second-order valence-corrected chi connectivity index (χ2v) is 7.39. The monoisotopic (exact) mass is 256 g/mol. The third-order valence-corrected chi connectivity index (χ3v) is 5.71. The van der Waals surface area contributed by atoms with E-state index in [2.05, 4.69) is 13.8 Å². The van der Waals surface area contributed by atoms with E-state index < -0.39 is 11.7 Å². The van der Waals surface area contributed by atoms with Crippen molar-refractivity contribution in [2.24, 2.45) is 23.2 Å². The molecule has 18 heavy (non-hydrogen) atoms. The van der Waals surface area contributed by atoms with Crippen molar-refractivity contribution in [2.45, 2.75) is 71.2 Å². The van der Waals surface area contributed by atoms with Crippen LogP contribution in [0.5, 0.6) is 0 Å². The van der Waals surface area contributed by atoms with Gasteiger partial charge in [0, 0.05) is 5.92 Å². The predicted octanol–water partition coefficient (Wildman–Crippen LogP) is 1.94. The van der Waals surface area contributed by atoms with E-state index in [0.29, 0.717) is 5.92 Å². The number of hydrogen-bond acceptors (Lipinski definition) is 3. The van der Waals surface area contributed by atoms with E-state index in [1.54, 1.807) is 13.8 Å². The third kappa shape index (κ3) is 2.10. The fraction of sp³-hybridized carbons (Fsp3) is 1.00. The molecule has 0 unspecified atom stereocenters. The summed E-state index contributed by atoms with van der Waals surface area (Å²) in [5, 5.41) is 31.2. The summed E-state index contributed by atoms with van der Waals surface area (Å²) in [4.78, 5) is 0. The van der Waals surface area contributed by atoms with Crippen LogP contribution in [0.4, 0.5) is 0 Å². The Balaban J connectivity index is 2.29. The molecule has 3 heteroatoms. The molecule has 0 amide bonds. The van der Waals surface area contributed by atoms with Crippen molar-refractivity contribution in [3.05, 3.63) is 0 Å². The highest BCUT2D eigenvalue weighted by atomic mass is 16.3. The van der Waals surface area contributed by atoms with Crippen LogP contribution < -0.4 is 0 Å². The summed E-state index contributed by atoms with van der Waals surface area (Å²) in [5.74, 6) is 0.438. The van der Waals surface area contributed by atoms with Crippen molar-refractivity contribution in [1.82, 2.24) is 0 Å². The second-order valence-electron chi connectivity index (χ2n) is 7.39. The molecule has 0 aromatic carbocycles. The van der Waals surface area contributed by atoms with E-state index in [1.165, 1.54) is 0 Å². The van der Waals surface area contributed by atoms with Crippen molar-refractivity contribution in [2.75, 3.05) is 0 Å². The third-order valence-electron chi connectivity index (χ3n) is 5.71. The fourth-order valence-corrected chi connectivity index (χ4v) is 4.52. The Bertz CT molecular complexity index is 309. The zero-order valence-electron chi connectivity index (χ0n) is 12.1. The Kier molecular flexibility index (Phi) is 3.54. The number of rotatable bonds is 1. The maximum absolute atomic E-state index is 10.7. The minimum atomic E-state index is -0.844. The van der Waals surface area contributed by atoms with Crippen LogP contribution in [-0.4, -0.2) is 33.1 Å². The minimum absolute atomic E-state index is 0.0803. The van der Waals surface area contributed by atoms with Crippen LogP contribution in [0.2, 0.25) is 0 Å². The highest BCUT2D eigenvalue weighted by Crippen LogP contribution is 2.55. The van der Waals surface area contributed by atoms with E-state index in [4.69, 9.17) is 0 Å². The Morgan fingerprint density at radius 1 is 1.11 bits per heavy atom. The summed E-state index contributed by atoms with van der Waals surface area (Å²) < 4.78 is 0. The summed E-state index contributed by atoms with van der Waals surface area (Å²) in [6, 6.07) is 0. The van der Waals surface area contributed by atoms with Gasteiger partial charge in [0.1, 0.15) is 0 Å². The molecule has 3 N–H and O–H groups in total. The smallest absolute Gasteiger partial charge is 0.0644 e. The van der Waals surface area contributed by atoms with Crippen molar-refractivity contribution in [3.63, 3.8) is 0 Å². The van der Waals surface area contributed by atoms with Crippen LogP contribution in [0.15, 0.2) is 0 Å². The topological polar surface area (TPSA) is 60.7 Å². The first-order chi connectivity index (χ1) is 8.18. The van der Waals surface area contributed by atoms with Crippen molar-refractivity contribution >= 4 is 0 Å². The normalized spacial score (nSPS) is 49.8. The lowest BCUT2D eigenvalue weighted by molar-refractivity contribution is -0.184. The summed E-state index contributed by atoms with van der Waals surface area (Å²) >= 11 is 0. The van der Waals surface area contributed by atoms with E-state index in [1.807, 2.05) is 0 Å².